The number of hydrogen-bond donors (Lipinski definition) is 2. The first kappa shape index (κ1) is 25.6. The summed E-state index contributed by atoms with van der Waals surface area (Å²) in [5.41, 5.74) is 0.0535. The quantitative estimate of drug-likeness (QED) is 0.446. The zero-order chi connectivity index (χ0) is 25.5. The average Bonchev–Trinajstić information content (AvgIpc) is 3.55. The molecule has 1 aliphatic carbocycles. The summed E-state index contributed by atoms with van der Waals surface area (Å²) >= 11 is 1.19. The smallest absolute Gasteiger partial charge is 0.270 e. The van der Waals surface area contributed by atoms with Crippen molar-refractivity contribution in [1.82, 2.24) is 9.55 Å². The molecule has 1 aliphatic heterocycles. The van der Waals surface area contributed by atoms with E-state index in [0.29, 0.717) is 46.5 Å². The van der Waals surface area contributed by atoms with E-state index in [-0.39, 0.29) is 35.8 Å². The van der Waals surface area contributed by atoms with Gasteiger partial charge in [-0.25, -0.2) is 9.98 Å². The molecule has 2 N–H and O–H groups in total. The molecule has 0 aromatic carbocycles. The molecule has 0 spiro atoms. The molecule has 12 heteroatoms. The van der Waals surface area contributed by atoms with Crippen molar-refractivity contribution < 1.29 is 19.0 Å². The maximum absolute atomic E-state index is 13.0. The van der Waals surface area contributed by atoms with Gasteiger partial charge in [-0.3, -0.25) is 14.2 Å². The van der Waals surface area contributed by atoms with Gasteiger partial charge in [-0.1, -0.05) is 6.07 Å². The van der Waals surface area contributed by atoms with Crippen LogP contribution in [0.2, 0.25) is 0 Å². The van der Waals surface area contributed by atoms with Gasteiger partial charge in [0.25, 0.3) is 11.5 Å². The Morgan fingerprint density at radius 1 is 1.36 bits per heavy atom. The van der Waals surface area contributed by atoms with Crippen LogP contribution in [-0.4, -0.2) is 60.4 Å². The lowest BCUT2D eigenvalue weighted by atomic mass is 10.2. The standard InChI is InChI=1S/C24H28N6O5S/c1-3-30-23(32)18(36-24(30)15(12-25)22-27-16-6-4-7-17(16)35-22)13-26-19-8-5-9-20(28-19)29-21(31)14-34-11-10-33-2/h5,8-9,13,16-17H,3-4,6-7,10-11,14H2,1-2H3,(H2,26,28,29,31)/b18-13+,24-15-/t16-,17+/m0/s1. The third kappa shape index (κ3) is 5.81. The zero-order valence-corrected chi connectivity index (χ0v) is 21.0. The highest BCUT2D eigenvalue weighted by Crippen LogP contribution is 2.31. The highest BCUT2D eigenvalue weighted by molar-refractivity contribution is 7.07. The molecule has 2 atom stereocenters. The number of carbonyl (C=O) groups excluding carboxylic acids is 1. The molecule has 2 aromatic rings. The second-order valence-corrected chi connectivity index (χ2v) is 9.22. The van der Waals surface area contributed by atoms with Crippen molar-refractivity contribution >= 4 is 46.6 Å². The number of nitrogens with zero attached hydrogens (tertiary/aromatic N) is 4. The second kappa shape index (κ2) is 11.9. The van der Waals surface area contributed by atoms with E-state index in [2.05, 4.69) is 26.7 Å². The van der Waals surface area contributed by atoms with Gasteiger partial charge < -0.3 is 24.8 Å². The number of thiazole rings is 1. The predicted octanol–water partition coefficient (Wildman–Crippen LogP) is 0.800. The number of pyridine rings is 1. The maximum Gasteiger partial charge on any atom is 0.270 e. The van der Waals surface area contributed by atoms with Crippen LogP contribution in [0.4, 0.5) is 11.6 Å². The molecular weight excluding hydrogens is 484 g/mol. The Labute approximate surface area is 211 Å². The summed E-state index contributed by atoms with van der Waals surface area (Å²) < 4.78 is 18.5. The highest BCUT2D eigenvalue weighted by atomic mass is 32.1. The van der Waals surface area contributed by atoms with Crippen LogP contribution in [0.5, 0.6) is 0 Å². The molecule has 3 heterocycles. The van der Waals surface area contributed by atoms with Gasteiger partial charge in [0, 0.05) is 19.9 Å². The molecule has 2 aliphatic rings. The molecular formula is C24H28N6O5S. The Hall–Kier alpha value is -3.53. The lowest BCUT2D eigenvalue weighted by molar-refractivity contribution is -0.121. The number of carbonyl (C=O) groups is 1. The van der Waals surface area contributed by atoms with Gasteiger partial charge in [0.05, 0.1) is 19.3 Å². The monoisotopic (exact) mass is 512 g/mol. The van der Waals surface area contributed by atoms with E-state index in [1.165, 1.54) is 11.3 Å². The van der Waals surface area contributed by atoms with Gasteiger partial charge in [0.15, 0.2) is 0 Å². The van der Waals surface area contributed by atoms with Crippen molar-refractivity contribution in [2.75, 3.05) is 37.6 Å². The minimum atomic E-state index is -0.339. The molecule has 4 rings (SSSR count). The first-order valence-corrected chi connectivity index (χ1v) is 12.5. The zero-order valence-electron chi connectivity index (χ0n) is 20.2. The number of amides is 1. The molecule has 36 heavy (non-hydrogen) atoms. The molecule has 11 nitrogen and oxygen atoms in total. The normalized spacial score (nSPS) is 19.8. The fraction of sp³-hybridized carbons (Fsp3) is 0.458. The number of aliphatic imine (C=N–C) groups is 1. The minimum Gasteiger partial charge on any atom is -0.471 e. The van der Waals surface area contributed by atoms with Crippen LogP contribution in [0.15, 0.2) is 28.0 Å². The van der Waals surface area contributed by atoms with Crippen molar-refractivity contribution in [2.45, 2.75) is 44.9 Å². The first-order valence-electron chi connectivity index (χ1n) is 11.7. The van der Waals surface area contributed by atoms with Crippen LogP contribution in [0.25, 0.3) is 11.8 Å². The Bertz CT molecular complexity index is 1360. The van der Waals surface area contributed by atoms with E-state index in [4.69, 9.17) is 14.2 Å². The topological polar surface area (TPSA) is 140 Å². The van der Waals surface area contributed by atoms with E-state index in [0.717, 1.165) is 19.3 Å². The molecule has 1 saturated carbocycles. The Morgan fingerprint density at radius 3 is 2.94 bits per heavy atom. The fourth-order valence-corrected chi connectivity index (χ4v) is 5.11. The number of anilines is 2. The molecule has 1 amide bonds. The predicted molar refractivity (Wildman–Crippen MR) is 136 cm³/mol. The van der Waals surface area contributed by atoms with Crippen molar-refractivity contribution in [2.24, 2.45) is 4.99 Å². The Balaban J connectivity index is 1.54. The maximum atomic E-state index is 13.0. The number of nitrogens with one attached hydrogen (secondary N) is 2. The molecule has 190 valence electrons. The Morgan fingerprint density at radius 2 is 2.19 bits per heavy atom. The number of fused-ring (bicyclic) bond motifs is 1. The van der Waals surface area contributed by atoms with Gasteiger partial charge in [0.1, 0.15) is 45.2 Å². The van der Waals surface area contributed by atoms with Crippen LogP contribution in [0.3, 0.4) is 0 Å². The van der Waals surface area contributed by atoms with Crippen molar-refractivity contribution in [3.63, 3.8) is 0 Å². The second-order valence-electron chi connectivity index (χ2n) is 8.19. The van der Waals surface area contributed by atoms with E-state index >= 15 is 0 Å². The first-order chi connectivity index (χ1) is 17.5. The minimum absolute atomic E-state index is 0.0218. The third-order valence-electron chi connectivity index (χ3n) is 5.76. The molecule has 0 unspecified atom stereocenters. The summed E-state index contributed by atoms with van der Waals surface area (Å²) in [5.74, 6) is 0.764. The van der Waals surface area contributed by atoms with Crippen LogP contribution >= 0.6 is 11.3 Å². The van der Waals surface area contributed by atoms with E-state index in [1.807, 2.05) is 6.92 Å². The summed E-state index contributed by atoms with van der Waals surface area (Å²) in [7, 11) is 1.56. The summed E-state index contributed by atoms with van der Waals surface area (Å²) in [6, 6.07) is 7.37. The van der Waals surface area contributed by atoms with Gasteiger partial charge in [-0.05, 0) is 38.3 Å². The molecule has 0 radical (unpaired) electrons. The lowest BCUT2D eigenvalue weighted by Gasteiger charge is -2.07. The van der Waals surface area contributed by atoms with E-state index < -0.39 is 0 Å². The number of hydrogen-bond acceptors (Lipinski definition) is 10. The number of nitriles is 1. The van der Waals surface area contributed by atoms with Crippen molar-refractivity contribution in [3.05, 3.63) is 37.7 Å². The van der Waals surface area contributed by atoms with Crippen LogP contribution in [0.1, 0.15) is 26.2 Å². The van der Waals surface area contributed by atoms with Crippen LogP contribution in [-0.2, 0) is 25.5 Å². The van der Waals surface area contributed by atoms with Gasteiger partial charge in [-0.15, -0.1) is 11.3 Å². The summed E-state index contributed by atoms with van der Waals surface area (Å²) in [4.78, 5) is 34.0. The number of ether oxygens (including phenoxy) is 3. The lowest BCUT2D eigenvalue weighted by Crippen LogP contribution is -2.32. The number of rotatable bonds is 10. The van der Waals surface area contributed by atoms with Crippen LogP contribution < -0.4 is 25.4 Å². The van der Waals surface area contributed by atoms with Gasteiger partial charge >= 0.3 is 0 Å². The molecule has 0 saturated heterocycles. The van der Waals surface area contributed by atoms with Gasteiger partial charge in [-0.2, -0.15) is 5.26 Å². The Kier molecular flexibility index (Phi) is 8.48. The summed E-state index contributed by atoms with van der Waals surface area (Å²) in [5, 5.41) is 15.5. The fourth-order valence-electron chi connectivity index (χ4n) is 4.03. The molecule has 0 bridgehead atoms. The number of aromatic nitrogens is 2. The number of methoxy groups -OCH3 is 1. The largest absolute Gasteiger partial charge is 0.471 e. The van der Waals surface area contributed by atoms with E-state index in [9.17, 15) is 14.9 Å². The molecule has 1 fully saturated rings. The molecule has 2 aromatic heterocycles. The third-order valence-corrected chi connectivity index (χ3v) is 6.89. The summed E-state index contributed by atoms with van der Waals surface area (Å²) in [6.07, 6.45) is 4.52. The van der Waals surface area contributed by atoms with Crippen molar-refractivity contribution in [1.29, 1.82) is 5.26 Å². The van der Waals surface area contributed by atoms with Crippen molar-refractivity contribution in [3.8, 4) is 6.07 Å². The van der Waals surface area contributed by atoms with Gasteiger partial charge in [0.2, 0.25) is 5.90 Å². The van der Waals surface area contributed by atoms with Crippen LogP contribution in [0, 0.1) is 11.3 Å². The SMILES string of the molecule is CCn1c(=O)/c(=C\Nc2cccc(NC(=O)COCCOC)n2)s/c1=C(/C#N)C1=N[C@H]2CCC[C@H]2O1. The average molecular weight is 513 g/mol. The highest BCUT2D eigenvalue weighted by Gasteiger charge is 2.36. The van der Waals surface area contributed by atoms with E-state index in [1.54, 1.807) is 36.1 Å². The summed E-state index contributed by atoms with van der Waals surface area (Å²) in [6.45, 7) is 2.86.